The Morgan fingerprint density at radius 2 is 1.97 bits per heavy atom. The highest BCUT2D eigenvalue weighted by atomic mass is 16.5. The Labute approximate surface area is 187 Å². The molecule has 0 amide bonds. The van der Waals surface area contributed by atoms with Crippen LogP contribution in [0.5, 0.6) is 0 Å². The van der Waals surface area contributed by atoms with Gasteiger partial charge in [0.25, 0.3) is 0 Å². The minimum atomic E-state index is -1.17. The molecule has 5 heteroatoms. The summed E-state index contributed by atoms with van der Waals surface area (Å²) < 4.78 is 6.05. The van der Waals surface area contributed by atoms with Crippen LogP contribution in [0.2, 0.25) is 0 Å². The van der Waals surface area contributed by atoms with Crippen molar-refractivity contribution in [3.63, 3.8) is 0 Å². The molecule has 0 aliphatic heterocycles. The molecule has 5 nitrogen and oxygen atoms in total. The van der Waals surface area contributed by atoms with E-state index < -0.39 is 23.9 Å². The Kier molecular flexibility index (Phi) is 7.54. The maximum absolute atomic E-state index is 10.1. The second-order valence-electron chi connectivity index (χ2n) is 10.9. The summed E-state index contributed by atoms with van der Waals surface area (Å²) >= 11 is 0. The van der Waals surface area contributed by atoms with Gasteiger partial charge in [-0.25, -0.2) is 0 Å². The molecule has 3 saturated carbocycles. The third kappa shape index (κ3) is 5.33. The molecular formula is C26H42O5. The van der Waals surface area contributed by atoms with Gasteiger partial charge in [0, 0.05) is 6.42 Å². The molecule has 0 aromatic carbocycles. The summed E-state index contributed by atoms with van der Waals surface area (Å²) in [5.41, 5.74) is 2.13. The predicted octanol–water partition coefficient (Wildman–Crippen LogP) is 3.66. The second kappa shape index (κ2) is 9.48. The molecule has 4 N–H and O–H groups in total. The van der Waals surface area contributed by atoms with Gasteiger partial charge in [-0.3, -0.25) is 0 Å². The molecule has 0 spiro atoms. The fourth-order valence-corrected chi connectivity index (χ4v) is 6.08. The van der Waals surface area contributed by atoms with Gasteiger partial charge in [-0.1, -0.05) is 31.2 Å². The molecule has 0 aromatic rings. The molecule has 0 unspecified atom stereocenters. The van der Waals surface area contributed by atoms with E-state index >= 15 is 0 Å². The average molecular weight is 435 g/mol. The number of rotatable bonds is 6. The summed E-state index contributed by atoms with van der Waals surface area (Å²) in [5, 5.41) is 40.2. The summed E-state index contributed by atoms with van der Waals surface area (Å²) in [6, 6.07) is 0. The van der Waals surface area contributed by atoms with E-state index in [4.69, 9.17) is 4.74 Å². The van der Waals surface area contributed by atoms with Gasteiger partial charge < -0.3 is 25.2 Å². The van der Waals surface area contributed by atoms with E-state index in [1.165, 1.54) is 12.0 Å². The Bertz CT molecular complexity index is 718. The van der Waals surface area contributed by atoms with Crippen LogP contribution < -0.4 is 0 Å². The fourth-order valence-electron chi connectivity index (χ4n) is 6.08. The van der Waals surface area contributed by atoms with Crippen molar-refractivity contribution in [3.05, 3.63) is 35.5 Å². The number of ether oxygens (including phenoxy) is 1. The van der Waals surface area contributed by atoms with E-state index in [9.17, 15) is 20.4 Å². The SMILES string of the molecule is C=C1/C(=C/C=C2\CCC[C@]3(C)[C@@H]([C@H](C)OC[C@@H](O)C(C)(C)O)CC[C@@H]23)C[C@@H](O)C[C@@H]1O. The largest absolute Gasteiger partial charge is 0.393 e. The Hall–Kier alpha value is -0.980. The maximum atomic E-state index is 10.1. The third-order valence-electron chi connectivity index (χ3n) is 8.20. The Balaban J connectivity index is 1.71. The fraction of sp³-hybridized carbons (Fsp3) is 0.769. The van der Waals surface area contributed by atoms with Crippen molar-refractivity contribution in [2.75, 3.05) is 6.61 Å². The molecule has 0 heterocycles. The smallest absolute Gasteiger partial charge is 0.105 e. The van der Waals surface area contributed by atoms with Gasteiger partial charge in [0.1, 0.15) is 6.10 Å². The van der Waals surface area contributed by atoms with Crippen LogP contribution in [0.3, 0.4) is 0 Å². The molecule has 3 fully saturated rings. The van der Waals surface area contributed by atoms with Crippen LogP contribution in [0.4, 0.5) is 0 Å². The summed E-state index contributed by atoms with van der Waals surface area (Å²) in [7, 11) is 0. The standard InChI is InChI=1S/C26H42O5/c1-16-19(13-20(27)14-23(16)28)9-8-18-7-6-12-26(5)21(10-11-22(18)26)17(2)31-15-24(29)25(3,4)30/h8-9,17,20-24,27-30H,1,6-7,10-15H2,2-5H3/b18-8+,19-9+/t17-,20+,21+,22-,23-,24+,26+/m0/s1. The molecule has 0 saturated heterocycles. The molecule has 3 aliphatic rings. The quantitative estimate of drug-likeness (QED) is 0.512. The van der Waals surface area contributed by atoms with Gasteiger partial charge >= 0.3 is 0 Å². The molecule has 0 bridgehead atoms. The van der Waals surface area contributed by atoms with E-state index in [1.807, 2.05) is 0 Å². The van der Waals surface area contributed by atoms with Gasteiger partial charge in [-0.2, -0.15) is 0 Å². The zero-order valence-corrected chi connectivity index (χ0v) is 19.7. The van der Waals surface area contributed by atoms with Crippen molar-refractivity contribution in [1.82, 2.24) is 0 Å². The lowest BCUT2D eigenvalue weighted by Gasteiger charge is -2.44. The van der Waals surface area contributed by atoms with Crippen molar-refractivity contribution >= 4 is 0 Å². The number of aliphatic hydroxyl groups is 4. The molecule has 3 rings (SSSR count). The first kappa shape index (κ1) is 24.7. The first-order valence-electron chi connectivity index (χ1n) is 11.9. The van der Waals surface area contributed by atoms with Crippen LogP contribution in [0, 0.1) is 17.3 Å². The Morgan fingerprint density at radius 3 is 2.65 bits per heavy atom. The Morgan fingerprint density at radius 1 is 1.26 bits per heavy atom. The molecule has 3 aliphatic carbocycles. The highest BCUT2D eigenvalue weighted by molar-refractivity contribution is 5.38. The van der Waals surface area contributed by atoms with Crippen LogP contribution in [-0.4, -0.2) is 57.0 Å². The second-order valence-corrected chi connectivity index (χ2v) is 10.9. The predicted molar refractivity (Wildman–Crippen MR) is 122 cm³/mol. The number of fused-ring (bicyclic) bond motifs is 1. The minimum Gasteiger partial charge on any atom is -0.393 e. The minimum absolute atomic E-state index is 0.0214. The zero-order valence-electron chi connectivity index (χ0n) is 19.7. The van der Waals surface area contributed by atoms with Gasteiger partial charge in [0.05, 0.1) is 30.5 Å². The van der Waals surface area contributed by atoms with Crippen molar-refractivity contribution in [3.8, 4) is 0 Å². The lowest BCUT2D eigenvalue weighted by Crippen LogP contribution is -2.43. The van der Waals surface area contributed by atoms with Crippen LogP contribution in [0.1, 0.15) is 72.6 Å². The first-order valence-corrected chi connectivity index (χ1v) is 11.9. The van der Waals surface area contributed by atoms with E-state index in [2.05, 4.69) is 32.6 Å². The molecule has 0 aromatic heterocycles. The van der Waals surface area contributed by atoms with Gasteiger partial charge in [0.2, 0.25) is 0 Å². The monoisotopic (exact) mass is 434 g/mol. The lowest BCUT2D eigenvalue weighted by molar-refractivity contribution is -0.114. The summed E-state index contributed by atoms with van der Waals surface area (Å²) in [4.78, 5) is 0. The molecule has 176 valence electrons. The maximum Gasteiger partial charge on any atom is 0.105 e. The third-order valence-corrected chi connectivity index (χ3v) is 8.20. The highest BCUT2D eigenvalue weighted by Gasteiger charge is 2.51. The van der Waals surface area contributed by atoms with Crippen molar-refractivity contribution < 1.29 is 25.2 Å². The van der Waals surface area contributed by atoms with E-state index in [1.54, 1.807) is 13.8 Å². The number of hydrogen-bond donors (Lipinski definition) is 4. The summed E-state index contributed by atoms with van der Waals surface area (Å²) in [5.74, 6) is 0.913. The highest BCUT2D eigenvalue weighted by Crippen LogP contribution is 2.58. The van der Waals surface area contributed by atoms with E-state index in [-0.39, 0.29) is 18.1 Å². The number of allylic oxidation sites excluding steroid dienone is 3. The van der Waals surface area contributed by atoms with Crippen molar-refractivity contribution in [2.45, 2.75) is 103 Å². The molecule has 7 atom stereocenters. The lowest BCUT2D eigenvalue weighted by atomic mass is 9.62. The van der Waals surface area contributed by atoms with Gasteiger partial charge in [-0.05, 0) is 87.7 Å². The summed E-state index contributed by atoms with van der Waals surface area (Å²) in [6.07, 6.45) is 8.80. The topological polar surface area (TPSA) is 90.2 Å². The van der Waals surface area contributed by atoms with Crippen LogP contribution >= 0.6 is 0 Å². The van der Waals surface area contributed by atoms with Crippen LogP contribution in [0.25, 0.3) is 0 Å². The summed E-state index contributed by atoms with van der Waals surface area (Å²) in [6.45, 7) is 11.9. The van der Waals surface area contributed by atoms with Crippen LogP contribution in [-0.2, 0) is 4.74 Å². The molecule has 31 heavy (non-hydrogen) atoms. The average Bonchev–Trinajstić information content (AvgIpc) is 3.04. The van der Waals surface area contributed by atoms with Gasteiger partial charge in [0.15, 0.2) is 0 Å². The molecular weight excluding hydrogens is 392 g/mol. The van der Waals surface area contributed by atoms with Gasteiger partial charge in [-0.15, -0.1) is 0 Å². The number of aliphatic hydroxyl groups excluding tert-OH is 3. The van der Waals surface area contributed by atoms with Crippen molar-refractivity contribution in [2.24, 2.45) is 17.3 Å². The zero-order chi connectivity index (χ0) is 23.0. The van der Waals surface area contributed by atoms with Crippen LogP contribution in [0.15, 0.2) is 35.5 Å². The van der Waals surface area contributed by atoms with E-state index in [0.717, 1.165) is 36.8 Å². The first-order chi connectivity index (χ1) is 14.4. The number of hydrogen-bond acceptors (Lipinski definition) is 5. The molecule has 0 radical (unpaired) electrons. The normalized spacial score (nSPS) is 39.0. The van der Waals surface area contributed by atoms with Crippen molar-refractivity contribution in [1.29, 1.82) is 0 Å². The van der Waals surface area contributed by atoms with E-state index in [0.29, 0.717) is 24.7 Å².